The molecular weight excluding hydrogens is 252 g/mol. The van der Waals surface area contributed by atoms with Crippen molar-refractivity contribution in [3.63, 3.8) is 0 Å². The molecule has 2 N–H and O–H groups in total. The Hall–Kier alpha value is -1.39. The van der Waals surface area contributed by atoms with Crippen molar-refractivity contribution in [2.75, 3.05) is 18.5 Å². The monoisotopic (exact) mass is 276 g/mol. The highest BCUT2D eigenvalue weighted by molar-refractivity contribution is 5.92. The van der Waals surface area contributed by atoms with Crippen molar-refractivity contribution < 1.29 is 9.53 Å². The molecule has 4 heteroatoms. The molecule has 4 nitrogen and oxygen atoms in total. The number of carbonyl (C=O) groups excluding carboxylic acids is 1. The van der Waals surface area contributed by atoms with Crippen molar-refractivity contribution in [1.29, 1.82) is 0 Å². The summed E-state index contributed by atoms with van der Waals surface area (Å²) < 4.78 is 5.67. The lowest BCUT2D eigenvalue weighted by Crippen LogP contribution is -2.45. The summed E-state index contributed by atoms with van der Waals surface area (Å²) in [7, 11) is 0. The molecule has 0 aromatic heterocycles. The fraction of sp³-hybridized carbons (Fsp3) is 0.562. The third-order valence-corrected chi connectivity index (χ3v) is 3.58. The molecule has 1 aromatic carbocycles. The van der Waals surface area contributed by atoms with E-state index in [2.05, 4.69) is 24.5 Å². The van der Waals surface area contributed by atoms with Crippen LogP contribution in [0.1, 0.15) is 32.3 Å². The van der Waals surface area contributed by atoms with Crippen LogP contribution in [0.2, 0.25) is 0 Å². The molecule has 1 fully saturated rings. The zero-order valence-corrected chi connectivity index (χ0v) is 12.5. The van der Waals surface area contributed by atoms with Crippen LogP contribution in [-0.2, 0) is 9.53 Å². The van der Waals surface area contributed by atoms with Gasteiger partial charge in [0.05, 0.1) is 12.1 Å². The number of hydrogen-bond donors (Lipinski definition) is 2. The third-order valence-electron chi connectivity index (χ3n) is 3.58. The lowest BCUT2D eigenvalue weighted by molar-refractivity contribution is -0.116. The standard InChI is InChI=1S/C16H24N2O2/c1-12-4-6-13(7-5-12)18-15(19)11-17-14-8-9-20-16(2,3)10-14/h4-7,14,17H,8-11H2,1-3H3,(H,18,19). The van der Waals surface area contributed by atoms with Gasteiger partial charge < -0.3 is 15.4 Å². The number of anilines is 1. The van der Waals surface area contributed by atoms with E-state index in [1.807, 2.05) is 31.2 Å². The molecule has 1 amide bonds. The van der Waals surface area contributed by atoms with E-state index in [4.69, 9.17) is 4.74 Å². The van der Waals surface area contributed by atoms with Crippen molar-refractivity contribution in [2.24, 2.45) is 0 Å². The highest BCUT2D eigenvalue weighted by Gasteiger charge is 2.28. The van der Waals surface area contributed by atoms with Crippen molar-refractivity contribution in [1.82, 2.24) is 5.32 Å². The second-order valence-corrected chi connectivity index (χ2v) is 6.09. The molecule has 20 heavy (non-hydrogen) atoms. The Morgan fingerprint density at radius 2 is 2.05 bits per heavy atom. The van der Waals surface area contributed by atoms with Crippen LogP contribution in [0.4, 0.5) is 5.69 Å². The van der Waals surface area contributed by atoms with Gasteiger partial charge in [-0.15, -0.1) is 0 Å². The molecule has 1 aromatic rings. The first-order valence-electron chi connectivity index (χ1n) is 7.18. The summed E-state index contributed by atoms with van der Waals surface area (Å²) in [4.78, 5) is 11.9. The topological polar surface area (TPSA) is 50.4 Å². The van der Waals surface area contributed by atoms with Gasteiger partial charge in [0.25, 0.3) is 0 Å². The first-order valence-corrected chi connectivity index (χ1v) is 7.18. The molecule has 1 unspecified atom stereocenters. The van der Waals surface area contributed by atoms with E-state index in [1.165, 1.54) is 5.56 Å². The first-order chi connectivity index (χ1) is 9.44. The summed E-state index contributed by atoms with van der Waals surface area (Å²) in [6, 6.07) is 8.17. The van der Waals surface area contributed by atoms with Crippen LogP contribution in [0.5, 0.6) is 0 Å². The minimum absolute atomic E-state index is 0.00171. The summed E-state index contributed by atoms with van der Waals surface area (Å²) in [5.74, 6) is -0.00171. The van der Waals surface area contributed by atoms with Crippen LogP contribution in [0.15, 0.2) is 24.3 Å². The lowest BCUT2D eigenvalue weighted by Gasteiger charge is -2.35. The minimum atomic E-state index is -0.0939. The van der Waals surface area contributed by atoms with Gasteiger partial charge in [-0.2, -0.15) is 0 Å². The van der Waals surface area contributed by atoms with Crippen molar-refractivity contribution in [2.45, 2.75) is 45.3 Å². The molecule has 0 radical (unpaired) electrons. The fourth-order valence-corrected chi connectivity index (χ4v) is 2.49. The smallest absolute Gasteiger partial charge is 0.238 e. The molecule has 1 aliphatic heterocycles. The normalized spacial score (nSPS) is 21.4. The van der Waals surface area contributed by atoms with Gasteiger partial charge in [-0.05, 0) is 45.7 Å². The highest BCUT2D eigenvalue weighted by Crippen LogP contribution is 2.23. The van der Waals surface area contributed by atoms with E-state index < -0.39 is 0 Å². The summed E-state index contributed by atoms with van der Waals surface area (Å²) in [6.07, 6.45) is 1.89. The number of ether oxygens (including phenoxy) is 1. The molecule has 1 saturated heterocycles. The van der Waals surface area contributed by atoms with Gasteiger partial charge in [-0.3, -0.25) is 4.79 Å². The molecule has 110 valence electrons. The second kappa shape index (κ2) is 6.37. The van der Waals surface area contributed by atoms with Gasteiger partial charge in [0.1, 0.15) is 0 Å². The van der Waals surface area contributed by atoms with Crippen LogP contribution >= 0.6 is 0 Å². The van der Waals surface area contributed by atoms with Crippen LogP contribution in [0.25, 0.3) is 0 Å². The Balaban J connectivity index is 1.76. The molecule has 0 aliphatic carbocycles. The van der Waals surface area contributed by atoms with Crippen molar-refractivity contribution >= 4 is 11.6 Å². The third kappa shape index (κ3) is 4.62. The number of nitrogens with one attached hydrogen (secondary N) is 2. The largest absolute Gasteiger partial charge is 0.375 e. The average molecular weight is 276 g/mol. The van der Waals surface area contributed by atoms with Crippen LogP contribution in [0, 0.1) is 6.92 Å². The van der Waals surface area contributed by atoms with E-state index in [0.29, 0.717) is 12.6 Å². The van der Waals surface area contributed by atoms with E-state index in [-0.39, 0.29) is 11.5 Å². The SMILES string of the molecule is Cc1ccc(NC(=O)CNC2CCOC(C)(C)C2)cc1. The summed E-state index contributed by atoms with van der Waals surface area (Å²) in [5.41, 5.74) is 1.93. The van der Waals surface area contributed by atoms with E-state index in [9.17, 15) is 4.79 Å². The summed E-state index contributed by atoms with van der Waals surface area (Å²) in [5, 5.41) is 6.21. The molecule has 0 saturated carbocycles. The quantitative estimate of drug-likeness (QED) is 0.888. The van der Waals surface area contributed by atoms with Crippen molar-refractivity contribution in [3.05, 3.63) is 29.8 Å². The Bertz CT molecular complexity index is 454. The molecule has 2 rings (SSSR count). The molecule has 1 atom stereocenters. The van der Waals surface area contributed by atoms with E-state index in [0.717, 1.165) is 25.1 Å². The highest BCUT2D eigenvalue weighted by atomic mass is 16.5. The molecular formula is C16H24N2O2. The van der Waals surface area contributed by atoms with Crippen molar-refractivity contribution in [3.8, 4) is 0 Å². The van der Waals surface area contributed by atoms with Gasteiger partial charge in [0, 0.05) is 18.3 Å². The minimum Gasteiger partial charge on any atom is -0.375 e. The number of amides is 1. The maximum atomic E-state index is 11.9. The van der Waals surface area contributed by atoms with E-state index in [1.54, 1.807) is 0 Å². The van der Waals surface area contributed by atoms with Gasteiger partial charge in [-0.25, -0.2) is 0 Å². The average Bonchev–Trinajstić information content (AvgIpc) is 2.38. The molecule has 1 aliphatic rings. The fourth-order valence-electron chi connectivity index (χ4n) is 2.49. The summed E-state index contributed by atoms with van der Waals surface area (Å²) >= 11 is 0. The first kappa shape index (κ1) is 15.0. The predicted molar refractivity (Wildman–Crippen MR) is 80.9 cm³/mol. The maximum absolute atomic E-state index is 11.9. The zero-order valence-electron chi connectivity index (χ0n) is 12.5. The number of carbonyl (C=O) groups is 1. The van der Waals surface area contributed by atoms with E-state index >= 15 is 0 Å². The Kier molecular flexibility index (Phi) is 4.78. The zero-order chi connectivity index (χ0) is 14.6. The van der Waals surface area contributed by atoms with Gasteiger partial charge in [-0.1, -0.05) is 17.7 Å². The summed E-state index contributed by atoms with van der Waals surface area (Å²) in [6.45, 7) is 7.30. The number of aryl methyl sites for hydroxylation is 1. The Morgan fingerprint density at radius 1 is 1.35 bits per heavy atom. The maximum Gasteiger partial charge on any atom is 0.238 e. The van der Waals surface area contributed by atoms with Gasteiger partial charge in [0.15, 0.2) is 0 Å². The lowest BCUT2D eigenvalue weighted by atomic mass is 9.94. The van der Waals surface area contributed by atoms with Crippen LogP contribution in [0.3, 0.4) is 0 Å². The van der Waals surface area contributed by atoms with Crippen LogP contribution in [-0.4, -0.2) is 30.7 Å². The Morgan fingerprint density at radius 3 is 2.70 bits per heavy atom. The number of benzene rings is 1. The number of hydrogen-bond acceptors (Lipinski definition) is 3. The predicted octanol–water partition coefficient (Wildman–Crippen LogP) is 2.48. The molecule has 0 bridgehead atoms. The van der Waals surface area contributed by atoms with Gasteiger partial charge in [0.2, 0.25) is 5.91 Å². The number of rotatable bonds is 4. The second-order valence-electron chi connectivity index (χ2n) is 6.09. The molecule has 0 spiro atoms. The van der Waals surface area contributed by atoms with Gasteiger partial charge >= 0.3 is 0 Å². The Labute approximate surface area is 120 Å². The van der Waals surface area contributed by atoms with Crippen LogP contribution < -0.4 is 10.6 Å². The molecule has 1 heterocycles.